The number of ether oxygens (including phenoxy) is 2. The number of pyridine rings is 1. The van der Waals surface area contributed by atoms with E-state index >= 15 is 0 Å². The highest BCUT2D eigenvalue weighted by atomic mass is 35.5. The van der Waals surface area contributed by atoms with Crippen LogP contribution in [0, 0.1) is 5.92 Å². The number of rotatable bonds is 7. The predicted molar refractivity (Wildman–Crippen MR) is 87.5 cm³/mol. The molecule has 2 rings (SSSR count). The number of hydrogen-bond acceptors (Lipinski definition) is 6. The Morgan fingerprint density at radius 2 is 1.71 bits per heavy atom. The van der Waals surface area contributed by atoms with Crippen LogP contribution < -0.4 is 5.32 Å². The first-order chi connectivity index (χ1) is 12.9. The Balaban J connectivity index is 2.87. The summed E-state index contributed by atoms with van der Waals surface area (Å²) in [6.45, 7) is 1.10. The van der Waals surface area contributed by atoms with Crippen molar-refractivity contribution in [2.75, 3.05) is 25.6 Å². The molecule has 1 heterocycles. The molecule has 0 aliphatic heterocycles. The predicted octanol–water partition coefficient (Wildman–Crippen LogP) is 4.17. The summed E-state index contributed by atoms with van der Waals surface area (Å²) in [7, 11) is 0.838. The molecule has 6 nitrogen and oxygen atoms in total. The molecule has 1 saturated carbocycles. The summed E-state index contributed by atoms with van der Waals surface area (Å²) in [6.07, 6.45) is -3.79. The maximum Gasteiger partial charge on any atom is 0.434 e. The molecule has 156 valence electrons. The summed E-state index contributed by atoms with van der Waals surface area (Å²) in [6, 6.07) is 0. The van der Waals surface area contributed by atoms with E-state index < -0.39 is 51.7 Å². The summed E-state index contributed by atoms with van der Waals surface area (Å²) in [4.78, 5) is 27.2. The number of halogens is 6. The second-order valence-corrected chi connectivity index (χ2v) is 6.44. The van der Waals surface area contributed by atoms with Crippen LogP contribution in [0.2, 0.25) is 0 Å². The van der Waals surface area contributed by atoms with Crippen LogP contribution in [0.4, 0.5) is 27.6 Å². The summed E-state index contributed by atoms with van der Waals surface area (Å²) in [5.41, 5.74) is -6.64. The van der Waals surface area contributed by atoms with Crippen LogP contribution >= 0.6 is 11.6 Å². The molecule has 1 fully saturated rings. The van der Waals surface area contributed by atoms with Gasteiger partial charge in [0, 0.05) is 6.54 Å². The molecule has 0 unspecified atom stereocenters. The van der Waals surface area contributed by atoms with Crippen LogP contribution in [0.5, 0.6) is 0 Å². The standard InChI is InChI=1S/C16H16ClF5N2O4/c1-3-28-14(26)9-10(23-6-7-4-5-7)8(13(25)27-2)11(15(17,18)19)24-12(9)16(20,21)22/h7H,3-6H2,1-2H3,(H,23,24). The molecule has 0 bridgehead atoms. The van der Waals surface area contributed by atoms with E-state index in [1.807, 2.05) is 0 Å². The number of hydrogen-bond donors (Lipinski definition) is 1. The number of carbonyl (C=O) groups excluding carboxylic acids is 2. The first-order valence-electron chi connectivity index (χ1n) is 8.13. The monoisotopic (exact) mass is 430 g/mol. The van der Waals surface area contributed by atoms with Gasteiger partial charge in [-0.1, -0.05) is 0 Å². The van der Waals surface area contributed by atoms with Gasteiger partial charge >= 0.3 is 23.5 Å². The topological polar surface area (TPSA) is 77.5 Å². The molecular formula is C16H16ClF5N2O4. The van der Waals surface area contributed by atoms with E-state index in [2.05, 4.69) is 19.8 Å². The summed E-state index contributed by atoms with van der Waals surface area (Å²) < 4.78 is 77.3. The third kappa shape index (κ3) is 4.81. The number of carbonyl (C=O) groups is 2. The minimum Gasteiger partial charge on any atom is -0.465 e. The Morgan fingerprint density at radius 3 is 2.14 bits per heavy atom. The lowest BCUT2D eigenvalue weighted by Crippen LogP contribution is -2.27. The summed E-state index contributed by atoms with van der Waals surface area (Å²) in [5.74, 6) is -2.85. The maximum absolute atomic E-state index is 13.8. The van der Waals surface area contributed by atoms with Gasteiger partial charge in [-0.25, -0.2) is 14.6 Å². The van der Waals surface area contributed by atoms with Crippen molar-refractivity contribution in [1.29, 1.82) is 0 Å². The highest BCUT2D eigenvalue weighted by Crippen LogP contribution is 2.43. The van der Waals surface area contributed by atoms with Crippen molar-refractivity contribution in [3.63, 3.8) is 0 Å². The number of anilines is 1. The van der Waals surface area contributed by atoms with E-state index in [-0.39, 0.29) is 19.1 Å². The molecule has 1 N–H and O–H groups in total. The smallest absolute Gasteiger partial charge is 0.434 e. The molecule has 0 spiro atoms. The molecule has 0 aromatic carbocycles. The van der Waals surface area contributed by atoms with E-state index in [1.54, 1.807) is 0 Å². The number of esters is 2. The molecule has 12 heteroatoms. The number of nitrogens with one attached hydrogen (secondary N) is 1. The van der Waals surface area contributed by atoms with Crippen molar-refractivity contribution < 1.29 is 41.0 Å². The van der Waals surface area contributed by atoms with E-state index in [0.717, 1.165) is 20.0 Å². The number of alkyl halides is 6. The molecule has 1 aliphatic carbocycles. The number of nitrogens with zero attached hydrogens (tertiary/aromatic N) is 1. The fourth-order valence-electron chi connectivity index (χ4n) is 2.44. The van der Waals surface area contributed by atoms with E-state index in [0.29, 0.717) is 0 Å². The van der Waals surface area contributed by atoms with Gasteiger partial charge in [-0.15, -0.1) is 0 Å². The van der Waals surface area contributed by atoms with Crippen LogP contribution in [0.1, 0.15) is 51.9 Å². The molecule has 0 amide bonds. The third-order valence-electron chi connectivity index (χ3n) is 3.87. The lowest BCUT2D eigenvalue weighted by Gasteiger charge is -2.22. The van der Waals surface area contributed by atoms with Crippen LogP contribution in [0.15, 0.2) is 0 Å². The third-order valence-corrected chi connectivity index (χ3v) is 4.05. The van der Waals surface area contributed by atoms with Gasteiger partial charge in [0.05, 0.1) is 19.4 Å². The zero-order valence-electron chi connectivity index (χ0n) is 14.8. The van der Waals surface area contributed by atoms with Gasteiger partial charge in [0.25, 0.3) is 0 Å². The van der Waals surface area contributed by atoms with Gasteiger partial charge in [0.15, 0.2) is 5.69 Å². The first kappa shape index (κ1) is 22.1. The second-order valence-electron chi connectivity index (χ2n) is 5.97. The molecule has 0 radical (unpaired) electrons. The van der Waals surface area contributed by atoms with Gasteiger partial charge in [-0.2, -0.15) is 22.0 Å². The Hall–Kier alpha value is -2.17. The maximum atomic E-state index is 13.8. The van der Waals surface area contributed by atoms with E-state index in [4.69, 9.17) is 11.6 Å². The normalized spacial score (nSPS) is 14.6. The van der Waals surface area contributed by atoms with Crippen LogP contribution in [-0.4, -0.2) is 37.2 Å². The Kier molecular flexibility index (Phi) is 6.37. The minimum absolute atomic E-state index is 0.0466. The van der Waals surface area contributed by atoms with Crippen molar-refractivity contribution in [3.8, 4) is 0 Å². The van der Waals surface area contributed by atoms with Crippen molar-refractivity contribution in [2.24, 2.45) is 5.92 Å². The molecule has 0 atom stereocenters. The number of methoxy groups -OCH3 is 1. The van der Waals surface area contributed by atoms with Gasteiger partial charge in [0.1, 0.15) is 16.8 Å². The Bertz CT molecular complexity index is 776. The highest BCUT2D eigenvalue weighted by molar-refractivity contribution is 6.22. The van der Waals surface area contributed by atoms with Crippen molar-refractivity contribution in [3.05, 3.63) is 22.5 Å². The summed E-state index contributed by atoms with van der Waals surface area (Å²) >= 11 is 4.91. The van der Waals surface area contributed by atoms with Gasteiger partial charge in [0.2, 0.25) is 0 Å². The largest absolute Gasteiger partial charge is 0.465 e. The molecular weight excluding hydrogens is 415 g/mol. The van der Waals surface area contributed by atoms with Crippen molar-refractivity contribution in [1.82, 2.24) is 4.98 Å². The molecule has 0 saturated heterocycles. The molecule has 1 aromatic heterocycles. The van der Waals surface area contributed by atoms with Crippen molar-refractivity contribution in [2.45, 2.75) is 31.3 Å². The fourth-order valence-corrected chi connectivity index (χ4v) is 2.58. The zero-order chi connectivity index (χ0) is 21.3. The van der Waals surface area contributed by atoms with Gasteiger partial charge in [-0.3, -0.25) is 0 Å². The SMILES string of the molecule is CCOC(=O)c1c(C(F)(F)F)nc(C(F)(F)Cl)c(C(=O)OC)c1NCC1CC1. The van der Waals surface area contributed by atoms with Crippen molar-refractivity contribution >= 4 is 29.2 Å². The first-order valence-corrected chi connectivity index (χ1v) is 8.51. The lowest BCUT2D eigenvalue weighted by molar-refractivity contribution is -0.142. The second kappa shape index (κ2) is 8.06. The molecule has 1 aliphatic rings. The van der Waals surface area contributed by atoms with Crippen LogP contribution in [0.25, 0.3) is 0 Å². The average molecular weight is 431 g/mol. The van der Waals surface area contributed by atoms with Gasteiger partial charge < -0.3 is 14.8 Å². The average Bonchev–Trinajstić information content (AvgIpc) is 3.40. The minimum atomic E-state index is -5.30. The van der Waals surface area contributed by atoms with Gasteiger partial charge in [-0.05, 0) is 37.3 Å². The quantitative estimate of drug-likeness (QED) is 0.397. The number of aromatic nitrogens is 1. The lowest BCUT2D eigenvalue weighted by atomic mass is 10.0. The van der Waals surface area contributed by atoms with Crippen LogP contribution in [-0.2, 0) is 21.0 Å². The van der Waals surface area contributed by atoms with E-state index in [9.17, 15) is 31.5 Å². The Labute approximate surface area is 161 Å². The molecule has 28 heavy (non-hydrogen) atoms. The van der Waals surface area contributed by atoms with E-state index in [1.165, 1.54) is 6.92 Å². The molecule has 1 aromatic rings. The summed E-state index contributed by atoms with van der Waals surface area (Å²) in [5, 5.41) is -1.95. The zero-order valence-corrected chi connectivity index (χ0v) is 15.5. The van der Waals surface area contributed by atoms with Crippen LogP contribution in [0.3, 0.4) is 0 Å². The fraction of sp³-hybridized carbons (Fsp3) is 0.562. The highest BCUT2D eigenvalue weighted by Gasteiger charge is 2.46. The Morgan fingerprint density at radius 1 is 1.14 bits per heavy atom.